The summed E-state index contributed by atoms with van der Waals surface area (Å²) in [5, 5.41) is 238. The Hall–Kier alpha value is -4.53. The Labute approximate surface area is 793 Å². The number of carbonyl (C=O) groups is 3. The van der Waals surface area contributed by atoms with E-state index in [0.717, 1.165) is 5.57 Å². The number of rotatable bonds is 28. The van der Waals surface area contributed by atoms with Crippen LogP contribution in [0.3, 0.4) is 0 Å². The highest BCUT2D eigenvalue weighted by Gasteiger charge is 2.73. The molecular formula is C94H146O43. The highest BCUT2D eigenvalue weighted by atomic mass is 16.8. The van der Waals surface area contributed by atoms with E-state index in [9.17, 15) is 117 Å². The van der Waals surface area contributed by atoms with Crippen molar-refractivity contribution in [2.24, 2.45) is 50.2 Å². The summed E-state index contributed by atoms with van der Waals surface area (Å²) in [7, 11) is 0. The molecule has 14 aliphatic rings. The van der Waals surface area contributed by atoms with Gasteiger partial charge in [-0.1, -0.05) is 78.8 Å². The Balaban J connectivity index is 0.719. The molecular weight excluding hydrogens is 1820 g/mol. The van der Waals surface area contributed by atoms with Gasteiger partial charge in [0.15, 0.2) is 56.2 Å². The summed E-state index contributed by atoms with van der Waals surface area (Å²) >= 11 is 0. The molecule has 0 aromatic carbocycles. The van der Waals surface area contributed by atoms with E-state index in [1.54, 1.807) is 6.92 Å². The topological polar surface area (TPSA) is 651 Å². The van der Waals surface area contributed by atoms with Crippen LogP contribution in [0.5, 0.6) is 0 Å². The average Bonchev–Trinajstić information content (AvgIpc) is 0.726. The lowest BCUT2D eigenvalue weighted by atomic mass is 9.33. The SMILES string of the molecule is C=C[C@](C)(O)CC/C=C(/C)C(=O)O[C@@H]1[C@@H](OC[C@@H]2O[C@H](OC(=O)[C@]34CCC(C)(C)C[C@H]3C3=CC[C@@H]5[C@@]6(C)CC[C@H](O[C@@H]7O[C@H](CO[C@@H]8OC[C@H](O)[C@H](O)[C@H]8O[C@@H]8OC[C@@H](O)[C@H](O)[C@H]8O)[C@@H](O)[C@H](O)[C@H]7O)C(C)(C)[C@@H]6CC[C@@]5(C)[C@]3(C)C[C@H]4O)[C@@H](O)[C@H](O)[C@H]2O[C@@H]2O[C@H](C)[C@@H](O[C@@H]3OC[C@@H](O)[C@H](O[C@@H]4OC[C@@H](O)[C@H](O)[C@H]4O)[C@H]3O)[C@H](O)[C@@H]2O)O[C@H](C)[C@@H](O)[C@@H]1OC(=O)/C(CO)=C1\CC[C@](C)(C=C)O1. The van der Waals surface area contributed by atoms with Crippen molar-refractivity contribution in [3.05, 3.63) is 59.9 Å². The molecule has 0 bridgehead atoms. The predicted molar refractivity (Wildman–Crippen MR) is 462 cm³/mol. The summed E-state index contributed by atoms with van der Waals surface area (Å²) in [5.41, 5.74) is -6.52. The molecule has 780 valence electrons. The highest BCUT2D eigenvalue weighted by Crippen LogP contribution is 2.76. The minimum Gasteiger partial charge on any atom is -0.487 e. The summed E-state index contributed by atoms with van der Waals surface area (Å²) in [4.78, 5) is 45.3. The van der Waals surface area contributed by atoms with Crippen LogP contribution in [-0.2, 0) is 104 Å². The van der Waals surface area contributed by atoms with E-state index in [4.69, 9.17) is 90.0 Å². The molecule has 43 heteroatoms. The van der Waals surface area contributed by atoms with Crippen molar-refractivity contribution in [2.45, 2.75) is 411 Å². The maximum absolute atomic E-state index is 16.3. The number of fused-ring (bicyclic) bond motifs is 7. The molecule has 47 atom stereocenters. The fourth-order valence-electron chi connectivity index (χ4n) is 23.9. The van der Waals surface area contributed by atoms with E-state index in [-0.39, 0.29) is 60.8 Å². The highest BCUT2D eigenvalue weighted by molar-refractivity contribution is 5.90. The second kappa shape index (κ2) is 42.1. The lowest BCUT2D eigenvalue weighted by Gasteiger charge is -2.71. The molecule has 9 heterocycles. The quantitative estimate of drug-likeness (QED) is 0.0119. The van der Waals surface area contributed by atoms with Gasteiger partial charge >= 0.3 is 17.9 Å². The predicted octanol–water partition coefficient (Wildman–Crippen LogP) is -3.39. The van der Waals surface area contributed by atoms with E-state index in [1.807, 2.05) is 0 Å². The Bertz CT molecular complexity index is 4270. The number of ether oxygens (including phenoxy) is 19. The molecule has 43 nitrogen and oxygen atoms in total. The van der Waals surface area contributed by atoms with Crippen LogP contribution < -0.4 is 0 Å². The molecule has 14 rings (SSSR count). The van der Waals surface area contributed by atoms with Gasteiger partial charge in [0.05, 0.1) is 76.3 Å². The van der Waals surface area contributed by atoms with Crippen LogP contribution in [0.4, 0.5) is 0 Å². The Morgan fingerprint density at radius 2 is 1.04 bits per heavy atom. The summed E-state index contributed by atoms with van der Waals surface area (Å²) in [6.45, 7) is 25.4. The van der Waals surface area contributed by atoms with Gasteiger partial charge in [-0.05, 0) is 163 Å². The van der Waals surface area contributed by atoms with Gasteiger partial charge in [0.1, 0.15) is 169 Å². The molecule has 5 aliphatic carbocycles. The van der Waals surface area contributed by atoms with Crippen molar-refractivity contribution in [1.82, 2.24) is 0 Å². The Morgan fingerprint density at radius 1 is 0.496 bits per heavy atom. The van der Waals surface area contributed by atoms with E-state index >= 15 is 4.79 Å². The summed E-state index contributed by atoms with van der Waals surface area (Å²) in [6, 6.07) is 0. The molecule has 137 heavy (non-hydrogen) atoms. The van der Waals surface area contributed by atoms with Gasteiger partial charge in [0.2, 0.25) is 6.29 Å². The fraction of sp³-hybridized carbons (Fsp3) is 0.862. The Kier molecular flexibility index (Phi) is 33.3. The molecule has 9 aliphatic heterocycles. The van der Waals surface area contributed by atoms with Crippen molar-refractivity contribution in [2.75, 3.05) is 46.2 Å². The maximum atomic E-state index is 16.3. The molecule has 0 aromatic heterocycles. The van der Waals surface area contributed by atoms with Gasteiger partial charge in [-0.25, -0.2) is 9.59 Å². The van der Waals surface area contributed by atoms with Crippen LogP contribution in [0.2, 0.25) is 0 Å². The second-order valence-corrected chi connectivity index (χ2v) is 42.8. The van der Waals surface area contributed by atoms with Crippen molar-refractivity contribution in [1.29, 1.82) is 0 Å². The van der Waals surface area contributed by atoms with Crippen LogP contribution >= 0.6 is 0 Å². The number of carbonyl (C=O) groups excluding carboxylic acids is 3. The smallest absolute Gasteiger partial charge is 0.340 e. The third kappa shape index (κ3) is 20.9. The molecule has 0 unspecified atom stereocenters. The van der Waals surface area contributed by atoms with E-state index < -0.39 is 347 Å². The van der Waals surface area contributed by atoms with Crippen molar-refractivity contribution >= 4 is 17.9 Å². The van der Waals surface area contributed by atoms with E-state index in [1.165, 1.54) is 45.9 Å². The first-order valence-corrected chi connectivity index (χ1v) is 47.8. The molecule has 0 spiro atoms. The number of esters is 3. The fourth-order valence-corrected chi connectivity index (χ4v) is 23.9. The molecule has 9 saturated heterocycles. The molecule has 0 radical (unpaired) electrons. The lowest BCUT2D eigenvalue weighted by Crippen LogP contribution is -2.68. The average molecular weight is 1960 g/mol. The second-order valence-electron chi connectivity index (χ2n) is 42.8. The first-order chi connectivity index (χ1) is 64.2. The molecule has 21 N–H and O–H groups in total. The van der Waals surface area contributed by atoms with Gasteiger partial charge in [-0.3, -0.25) is 4.79 Å². The van der Waals surface area contributed by atoms with Crippen LogP contribution in [0.25, 0.3) is 0 Å². The first-order valence-electron chi connectivity index (χ1n) is 47.8. The normalized spacial score (nSPS) is 49.7. The van der Waals surface area contributed by atoms with Crippen LogP contribution in [0.1, 0.15) is 167 Å². The van der Waals surface area contributed by atoms with Gasteiger partial charge in [-0.2, -0.15) is 0 Å². The van der Waals surface area contributed by atoms with Gasteiger partial charge < -0.3 is 197 Å². The van der Waals surface area contributed by atoms with E-state index in [0.29, 0.717) is 51.4 Å². The number of aliphatic hydroxyl groups excluding tert-OH is 20. The number of aliphatic hydroxyl groups is 21. The summed E-state index contributed by atoms with van der Waals surface area (Å²) in [5.74, 6) is -4.12. The van der Waals surface area contributed by atoms with Gasteiger partial charge in [0, 0.05) is 12.0 Å². The monoisotopic (exact) mass is 1960 g/mol. The van der Waals surface area contributed by atoms with Crippen molar-refractivity contribution in [3.8, 4) is 0 Å². The molecule has 0 aromatic rings. The van der Waals surface area contributed by atoms with E-state index in [2.05, 4.69) is 67.7 Å². The summed E-state index contributed by atoms with van der Waals surface area (Å²) in [6.07, 6.45) is -55.2. The zero-order valence-electron chi connectivity index (χ0n) is 79.4. The maximum Gasteiger partial charge on any atom is 0.340 e. The number of hydrogen-bond acceptors (Lipinski definition) is 43. The van der Waals surface area contributed by atoms with Crippen molar-refractivity contribution in [3.63, 3.8) is 0 Å². The molecule has 13 fully saturated rings. The minimum absolute atomic E-state index is 0.0406. The number of allylic oxidation sites excluding steroid dienone is 4. The standard InChI is InChI=1S/C94H146O43/c1-15-89(10,118)24-17-18-39(3)76(115)131-75-73(130-77(116)42(32-95)49-21-25-90(11,16-2)137-49)56(101)40(4)125-85(75)124-38-51-72(134-81-67(112)62(107)70(41(5)126-81)132-80-69(114)71(48(99)36-121-80)133-78-64(109)57(102)45(96)33-119-78)63(108)68(113)83(128-51)136-86(117)94-29-28-87(6,7)30-44(94)43-19-20-53-91(12)26-23-55(88(8,9)52(91)22-27-92(53,13)93(43,14)31-54(94)100)129-82-66(111)61(106)60(105)50(127-82)37-123-84-74(59(104)47(98)35-122-84)135-79-65(110)58(103)46(97)34-120-79/h15-16,18-19,40-41,44-48,50-75,78-85,95-114,118H,1-2,17,20-38H2,3-14H3/b39-18-,49-42+/t40-,41-,44+,45-,46-,47+,48-,50-,51+,52+,53-,54-,55+,56-,57+,58+,59+,60-,61+,62-,63+,64-,65-,66-,67+,68+,69-,70-,71+,72+,73+,74-,75+,78+,79+,80+,81+,82+,83-,84+,85+,89+,90+,91+,92-,93-,94-/m1/s1. The zero-order valence-corrected chi connectivity index (χ0v) is 79.4. The minimum atomic E-state index is -2.29. The largest absolute Gasteiger partial charge is 0.487 e. The van der Waals surface area contributed by atoms with Gasteiger partial charge in [-0.15, -0.1) is 6.58 Å². The third-order valence-corrected chi connectivity index (χ3v) is 32.9. The number of hydrogen-bond donors (Lipinski definition) is 21. The van der Waals surface area contributed by atoms with Crippen LogP contribution in [0, 0.1) is 50.2 Å². The van der Waals surface area contributed by atoms with Crippen molar-refractivity contribution < 1.29 is 212 Å². The third-order valence-electron chi connectivity index (χ3n) is 32.9. The lowest BCUT2D eigenvalue weighted by molar-refractivity contribution is -0.378. The summed E-state index contributed by atoms with van der Waals surface area (Å²) < 4.78 is 115. The van der Waals surface area contributed by atoms with Crippen LogP contribution in [0.15, 0.2) is 59.9 Å². The first kappa shape index (κ1) is 108. The zero-order chi connectivity index (χ0) is 100. The Morgan fingerprint density at radius 3 is 1.67 bits per heavy atom. The molecule has 0 amide bonds. The van der Waals surface area contributed by atoms with Gasteiger partial charge in [0.25, 0.3) is 0 Å². The molecule has 4 saturated carbocycles. The van der Waals surface area contributed by atoms with Crippen LogP contribution in [-0.4, -0.2) is 416 Å².